The van der Waals surface area contributed by atoms with Gasteiger partial charge in [0.05, 0.1) is 0 Å². The molecule has 0 saturated heterocycles. The Bertz CT molecular complexity index is 217. The number of ether oxygens (including phenoxy) is 2. The van der Waals surface area contributed by atoms with Crippen molar-refractivity contribution in [1.29, 1.82) is 0 Å². The van der Waals surface area contributed by atoms with Crippen molar-refractivity contribution >= 4 is 0 Å². The molecule has 78 valence electrons. The minimum atomic E-state index is -0.0856. The van der Waals surface area contributed by atoms with E-state index in [1.165, 1.54) is 0 Å². The van der Waals surface area contributed by atoms with E-state index >= 15 is 0 Å². The fraction of sp³-hybridized carbons (Fsp3) is 0.667. The summed E-state index contributed by atoms with van der Waals surface area (Å²) >= 11 is 0. The fourth-order valence-corrected chi connectivity index (χ4v) is 0.922. The van der Waals surface area contributed by atoms with E-state index < -0.39 is 0 Å². The van der Waals surface area contributed by atoms with Crippen LogP contribution in [0.15, 0.2) is 0 Å². The Morgan fingerprint density at radius 1 is 1.36 bits per heavy atom. The van der Waals surface area contributed by atoms with Crippen LogP contribution in [0.3, 0.4) is 0 Å². The normalized spacial score (nSPS) is 11.2. The van der Waals surface area contributed by atoms with Gasteiger partial charge in [0.25, 0.3) is 0 Å². The van der Waals surface area contributed by atoms with Crippen LogP contribution in [0, 0.1) is 24.2 Å². The van der Waals surface area contributed by atoms with Gasteiger partial charge in [0.2, 0.25) is 0 Å². The second-order valence-electron chi connectivity index (χ2n) is 2.82. The second kappa shape index (κ2) is 10.1. The molecule has 0 saturated carbocycles. The van der Waals surface area contributed by atoms with Gasteiger partial charge in [-0.05, 0) is 25.2 Å². The predicted molar refractivity (Wildman–Crippen MR) is 57.5 cm³/mol. The lowest BCUT2D eigenvalue weighted by Gasteiger charge is -2.10. The molecule has 0 aromatic rings. The zero-order valence-electron chi connectivity index (χ0n) is 9.01. The third kappa shape index (κ3) is 7.68. The van der Waals surface area contributed by atoms with Gasteiger partial charge in [-0.25, -0.2) is 0 Å². The summed E-state index contributed by atoms with van der Waals surface area (Å²) in [4.78, 5) is 0. The number of terminal acetylenes is 1. The van der Waals surface area contributed by atoms with Crippen molar-refractivity contribution in [3.05, 3.63) is 0 Å². The van der Waals surface area contributed by atoms with Gasteiger partial charge < -0.3 is 9.47 Å². The molecule has 2 heteroatoms. The quantitative estimate of drug-likeness (QED) is 0.351. The van der Waals surface area contributed by atoms with Crippen LogP contribution in [0.25, 0.3) is 0 Å². The maximum atomic E-state index is 5.40. The highest BCUT2D eigenvalue weighted by Crippen LogP contribution is 2.03. The summed E-state index contributed by atoms with van der Waals surface area (Å²) in [6.07, 6.45) is 8.10. The van der Waals surface area contributed by atoms with E-state index in [-0.39, 0.29) is 6.10 Å². The molecule has 0 aliphatic rings. The molecule has 0 heterocycles. The van der Waals surface area contributed by atoms with Crippen molar-refractivity contribution in [3.8, 4) is 24.2 Å². The number of unbranched alkanes of at least 4 members (excludes halogenated alkanes) is 1. The van der Waals surface area contributed by atoms with Crippen LogP contribution < -0.4 is 0 Å². The van der Waals surface area contributed by atoms with Gasteiger partial charge in [-0.15, -0.1) is 6.42 Å². The highest BCUT2D eigenvalue weighted by molar-refractivity contribution is 5.23. The first-order valence-corrected chi connectivity index (χ1v) is 5.00. The summed E-state index contributed by atoms with van der Waals surface area (Å²) in [6.45, 7) is 5.01. The topological polar surface area (TPSA) is 18.5 Å². The first-order valence-electron chi connectivity index (χ1n) is 5.00. The summed E-state index contributed by atoms with van der Waals surface area (Å²) < 4.78 is 10.5. The SMILES string of the molecule is C#CC#CC(CCCC)OCOCC. The maximum Gasteiger partial charge on any atom is 0.148 e. The van der Waals surface area contributed by atoms with Crippen LogP contribution in [-0.2, 0) is 9.47 Å². The van der Waals surface area contributed by atoms with Gasteiger partial charge in [0.1, 0.15) is 12.9 Å². The molecule has 1 atom stereocenters. The van der Waals surface area contributed by atoms with Gasteiger partial charge >= 0.3 is 0 Å². The molecule has 0 aliphatic heterocycles. The standard InChI is InChI=1S/C12H18O2/c1-4-7-9-12(10-8-5-2)14-11-13-6-3/h1,12H,5-6,8,10-11H2,2-3H3. The maximum absolute atomic E-state index is 5.40. The van der Waals surface area contributed by atoms with Crippen LogP contribution in [-0.4, -0.2) is 19.5 Å². The minimum absolute atomic E-state index is 0.0856. The molecule has 1 unspecified atom stereocenters. The van der Waals surface area contributed by atoms with Gasteiger partial charge in [-0.2, -0.15) is 0 Å². The van der Waals surface area contributed by atoms with Crippen LogP contribution in [0.4, 0.5) is 0 Å². The van der Waals surface area contributed by atoms with Crippen molar-refractivity contribution in [1.82, 2.24) is 0 Å². The molecular formula is C12H18O2. The molecule has 2 nitrogen and oxygen atoms in total. The van der Waals surface area contributed by atoms with Crippen molar-refractivity contribution < 1.29 is 9.47 Å². The molecule has 0 bridgehead atoms. The monoisotopic (exact) mass is 194 g/mol. The zero-order valence-corrected chi connectivity index (χ0v) is 9.01. The molecule has 0 radical (unpaired) electrons. The number of hydrogen-bond donors (Lipinski definition) is 0. The Balaban J connectivity index is 3.79. The van der Waals surface area contributed by atoms with E-state index in [1.807, 2.05) is 6.92 Å². The smallest absolute Gasteiger partial charge is 0.148 e. The molecule has 0 aromatic carbocycles. The van der Waals surface area contributed by atoms with Crippen LogP contribution >= 0.6 is 0 Å². The second-order valence-corrected chi connectivity index (χ2v) is 2.82. The van der Waals surface area contributed by atoms with E-state index in [2.05, 4.69) is 24.7 Å². The molecule has 0 N–H and O–H groups in total. The highest BCUT2D eigenvalue weighted by Gasteiger charge is 2.03. The molecule has 0 rings (SSSR count). The molecule has 0 amide bonds. The summed E-state index contributed by atoms with van der Waals surface area (Å²) in [5, 5.41) is 0. The van der Waals surface area contributed by atoms with Crippen LogP contribution in [0.5, 0.6) is 0 Å². The molecule has 0 fully saturated rings. The zero-order chi connectivity index (χ0) is 10.6. The van der Waals surface area contributed by atoms with Crippen LogP contribution in [0.1, 0.15) is 33.1 Å². The van der Waals surface area contributed by atoms with E-state index in [1.54, 1.807) is 0 Å². The van der Waals surface area contributed by atoms with Crippen molar-refractivity contribution in [3.63, 3.8) is 0 Å². The Hall–Kier alpha value is -0.960. The lowest BCUT2D eigenvalue weighted by atomic mass is 10.2. The Labute approximate surface area is 87.0 Å². The molecule has 0 aliphatic carbocycles. The Morgan fingerprint density at radius 3 is 2.71 bits per heavy atom. The van der Waals surface area contributed by atoms with Crippen molar-refractivity contribution in [2.24, 2.45) is 0 Å². The summed E-state index contributed by atoms with van der Waals surface area (Å²) in [6, 6.07) is 0. The first-order chi connectivity index (χ1) is 6.85. The highest BCUT2D eigenvalue weighted by atomic mass is 16.7. The first kappa shape index (κ1) is 13.0. The fourth-order valence-electron chi connectivity index (χ4n) is 0.922. The van der Waals surface area contributed by atoms with Crippen molar-refractivity contribution in [2.45, 2.75) is 39.2 Å². The van der Waals surface area contributed by atoms with Gasteiger partial charge in [-0.1, -0.05) is 25.7 Å². The van der Waals surface area contributed by atoms with E-state index in [4.69, 9.17) is 15.9 Å². The van der Waals surface area contributed by atoms with Crippen LogP contribution in [0.2, 0.25) is 0 Å². The lowest BCUT2D eigenvalue weighted by molar-refractivity contribution is -0.0709. The van der Waals surface area contributed by atoms with E-state index in [0.29, 0.717) is 13.4 Å². The molecule has 14 heavy (non-hydrogen) atoms. The predicted octanol–water partition coefficient (Wildman–Crippen LogP) is 2.19. The summed E-state index contributed by atoms with van der Waals surface area (Å²) in [5.74, 6) is 7.74. The molecule has 0 aromatic heterocycles. The summed E-state index contributed by atoms with van der Waals surface area (Å²) in [7, 11) is 0. The number of rotatable bonds is 7. The lowest BCUT2D eigenvalue weighted by Crippen LogP contribution is -2.13. The average Bonchev–Trinajstić information content (AvgIpc) is 2.21. The largest absolute Gasteiger partial charge is 0.356 e. The van der Waals surface area contributed by atoms with E-state index in [0.717, 1.165) is 19.3 Å². The van der Waals surface area contributed by atoms with Crippen molar-refractivity contribution in [2.75, 3.05) is 13.4 Å². The Kier molecular flexibility index (Phi) is 9.43. The van der Waals surface area contributed by atoms with E-state index in [9.17, 15) is 0 Å². The number of hydrogen-bond acceptors (Lipinski definition) is 2. The third-order valence-corrected chi connectivity index (χ3v) is 1.68. The van der Waals surface area contributed by atoms with Gasteiger partial charge in [0.15, 0.2) is 0 Å². The average molecular weight is 194 g/mol. The third-order valence-electron chi connectivity index (χ3n) is 1.68. The van der Waals surface area contributed by atoms with Gasteiger partial charge in [-0.3, -0.25) is 0 Å². The Morgan fingerprint density at radius 2 is 2.14 bits per heavy atom. The summed E-state index contributed by atoms with van der Waals surface area (Å²) in [5.41, 5.74) is 0. The van der Waals surface area contributed by atoms with Gasteiger partial charge in [0, 0.05) is 6.61 Å². The molecular weight excluding hydrogens is 176 g/mol. The molecule has 0 spiro atoms. The minimum Gasteiger partial charge on any atom is -0.356 e.